The summed E-state index contributed by atoms with van der Waals surface area (Å²) in [6.07, 6.45) is 0.00602. The maximum atomic E-state index is 13.2. The molecule has 0 aliphatic heterocycles. The largest absolute Gasteiger partial charge is 0.481 e. The van der Waals surface area contributed by atoms with Crippen molar-refractivity contribution in [2.45, 2.75) is 13.0 Å². The number of hydrogen-bond acceptors (Lipinski definition) is 2. The minimum Gasteiger partial charge on any atom is -0.481 e. The van der Waals surface area contributed by atoms with Crippen LogP contribution in [0.3, 0.4) is 0 Å². The molecule has 0 saturated heterocycles. The lowest BCUT2D eigenvalue weighted by atomic mass is 10.2. The minimum absolute atomic E-state index is 0. The molecule has 0 atom stereocenters. The van der Waals surface area contributed by atoms with Gasteiger partial charge in [-0.05, 0) is 12.1 Å². The van der Waals surface area contributed by atoms with E-state index < -0.39 is 5.97 Å². The Morgan fingerprint density at radius 1 is 1.50 bits per heavy atom. The zero-order valence-corrected chi connectivity index (χ0v) is 9.95. The molecule has 0 radical (unpaired) electrons. The fraction of sp³-hybridized carbons (Fsp3) is 0.300. The van der Waals surface area contributed by atoms with Gasteiger partial charge in [-0.1, -0.05) is 17.7 Å². The van der Waals surface area contributed by atoms with Crippen molar-refractivity contribution in [2.75, 3.05) is 6.54 Å². The highest BCUT2D eigenvalue weighted by Gasteiger charge is 2.06. The van der Waals surface area contributed by atoms with E-state index in [1.807, 2.05) is 0 Å². The summed E-state index contributed by atoms with van der Waals surface area (Å²) >= 11 is 5.77. The first-order chi connectivity index (χ1) is 7.11. The maximum Gasteiger partial charge on any atom is 0.304 e. The van der Waals surface area contributed by atoms with Crippen LogP contribution in [-0.4, -0.2) is 17.6 Å². The lowest BCUT2D eigenvalue weighted by Crippen LogP contribution is -2.18. The highest BCUT2D eigenvalue weighted by Crippen LogP contribution is 2.18. The van der Waals surface area contributed by atoms with Crippen molar-refractivity contribution in [3.8, 4) is 0 Å². The minimum atomic E-state index is -0.887. The van der Waals surface area contributed by atoms with Gasteiger partial charge in [0, 0.05) is 23.7 Å². The Morgan fingerprint density at radius 2 is 2.19 bits per heavy atom. The molecule has 0 unspecified atom stereocenters. The molecule has 2 N–H and O–H groups in total. The first kappa shape index (κ1) is 15.2. The Hall–Kier alpha value is -0.840. The molecule has 0 spiro atoms. The summed E-state index contributed by atoms with van der Waals surface area (Å²) < 4.78 is 13.2. The summed E-state index contributed by atoms with van der Waals surface area (Å²) in [5.41, 5.74) is 0.365. The monoisotopic (exact) mass is 267 g/mol. The third-order valence-corrected chi connectivity index (χ3v) is 2.23. The third kappa shape index (κ3) is 4.79. The van der Waals surface area contributed by atoms with Crippen LogP contribution in [0.4, 0.5) is 4.39 Å². The quantitative estimate of drug-likeness (QED) is 0.806. The van der Waals surface area contributed by atoms with Crippen molar-refractivity contribution >= 4 is 30.0 Å². The van der Waals surface area contributed by atoms with E-state index >= 15 is 0 Å². The second-order valence-electron chi connectivity index (χ2n) is 3.02. The molecule has 1 aromatic carbocycles. The molecule has 0 aromatic heterocycles. The summed E-state index contributed by atoms with van der Waals surface area (Å²) in [6, 6.07) is 4.44. The van der Waals surface area contributed by atoms with Gasteiger partial charge in [-0.15, -0.1) is 12.4 Å². The van der Waals surface area contributed by atoms with Crippen LogP contribution in [0.5, 0.6) is 0 Å². The van der Waals surface area contributed by atoms with Gasteiger partial charge in [0.25, 0.3) is 0 Å². The molecule has 0 amide bonds. The van der Waals surface area contributed by atoms with Crippen LogP contribution in [0.2, 0.25) is 5.02 Å². The van der Waals surface area contributed by atoms with E-state index in [0.29, 0.717) is 17.1 Å². The number of hydrogen-bond donors (Lipinski definition) is 2. The topological polar surface area (TPSA) is 49.3 Å². The number of carbonyl (C=O) groups is 1. The average Bonchev–Trinajstić information content (AvgIpc) is 2.15. The van der Waals surface area contributed by atoms with E-state index in [1.165, 1.54) is 12.1 Å². The molecule has 0 heterocycles. The molecule has 0 aliphatic rings. The molecule has 3 nitrogen and oxygen atoms in total. The van der Waals surface area contributed by atoms with Crippen molar-refractivity contribution in [3.63, 3.8) is 0 Å². The lowest BCUT2D eigenvalue weighted by Gasteiger charge is -2.06. The van der Waals surface area contributed by atoms with Crippen LogP contribution >= 0.6 is 24.0 Å². The van der Waals surface area contributed by atoms with Gasteiger partial charge in [0.2, 0.25) is 0 Å². The van der Waals surface area contributed by atoms with Gasteiger partial charge in [0.1, 0.15) is 5.82 Å². The van der Waals surface area contributed by atoms with Crippen molar-refractivity contribution in [2.24, 2.45) is 0 Å². The Bertz CT molecular complexity index is 340. The highest BCUT2D eigenvalue weighted by molar-refractivity contribution is 6.31. The molecule has 0 aliphatic carbocycles. The fourth-order valence-corrected chi connectivity index (χ4v) is 1.34. The SMILES string of the molecule is Cl.O=C(O)CCNCc1c(F)cccc1Cl. The van der Waals surface area contributed by atoms with Crippen LogP contribution < -0.4 is 5.32 Å². The molecular weight excluding hydrogens is 256 g/mol. The van der Waals surface area contributed by atoms with E-state index in [0.717, 1.165) is 0 Å². The summed E-state index contributed by atoms with van der Waals surface area (Å²) in [7, 11) is 0. The zero-order valence-electron chi connectivity index (χ0n) is 8.37. The highest BCUT2D eigenvalue weighted by atomic mass is 35.5. The summed E-state index contributed by atoms with van der Waals surface area (Å²) in [4.78, 5) is 10.2. The Labute approximate surface area is 104 Å². The number of carboxylic acid groups (broad SMARTS) is 1. The van der Waals surface area contributed by atoms with Gasteiger partial charge in [-0.3, -0.25) is 4.79 Å². The molecule has 0 saturated carbocycles. The van der Waals surface area contributed by atoms with Gasteiger partial charge in [0.15, 0.2) is 0 Å². The normalized spacial score (nSPS) is 9.62. The van der Waals surface area contributed by atoms with Crippen molar-refractivity contribution < 1.29 is 14.3 Å². The van der Waals surface area contributed by atoms with Gasteiger partial charge in [0.05, 0.1) is 6.42 Å². The van der Waals surface area contributed by atoms with Crippen molar-refractivity contribution in [1.29, 1.82) is 0 Å². The predicted molar refractivity (Wildman–Crippen MR) is 62.6 cm³/mol. The van der Waals surface area contributed by atoms with Gasteiger partial charge in [-0.25, -0.2) is 4.39 Å². The number of nitrogens with one attached hydrogen (secondary N) is 1. The molecule has 1 aromatic rings. The average molecular weight is 268 g/mol. The number of halogens is 3. The van der Waals surface area contributed by atoms with Crippen LogP contribution in [0.1, 0.15) is 12.0 Å². The van der Waals surface area contributed by atoms with Crippen molar-refractivity contribution in [1.82, 2.24) is 5.32 Å². The van der Waals surface area contributed by atoms with E-state index in [4.69, 9.17) is 16.7 Å². The first-order valence-electron chi connectivity index (χ1n) is 4.46. The molecule has 0 bridgehead atoms. The third-order valence-electron chi connectivity index (χ3n) is 1.88. The van der Waals surface area contributed by atoms with E-state index in [-0.39, 0.29) is 31.2 Å². The molecule has 0 fully saturated rings. The molecular formula is C10H12Cl2FNO2. The Balaban J connectivity index is 0.00000225. The van der Waals surface area contributed by atoms with Crippen LogP contribution in [0.15, 0.2) is 18.2 Å². The van der Waals surface area contributed by atoms with Gasteiger partial charge in [-0.2, -0.15) is 0 Å². The smallest absolute Gasteiger partial charge is 0.304 e. The second kappa shape index (κ2) is 7.44. The summed E-state index contributed by atoms with van der Waals surface area (Å²) in [6.45, 7) is 0.527. The van der Waals surface area contributed by atoms with E-state index in [2.05, 4.69) is 5.32 Å². The Kier molecular flexibility index (Phi) is 7.05. The van der Waals surface area contributed by atoms with Crippen LogP contribution in [-0.2, 0) is 11.3 Å². The second-order valence-corrected chi connectivity index (χ2v) is 3.43. The van der Waals surface area contributed by atoms with Crippen LogP contribution in [0.25, 0.3) is 0 Å². The van der Waals surface area contributed by atoms with Crippen molar-refractivity contribution in [3.05, 3.63) is 34.6 Å². The standard InChI is InChI=1S/C10H11ClFNO2.ClH/c11-8-2-1-3-9(12)7(8)6-13-5-4-10(14)15;/h1-3,13H,4-6H2,(H,14,15);1H. The fourth-order valence-electron chi connectivity index (χ4n) is 1.11. The maximum absolute atomic E-state index is 13.2. The van der Waals surface area contributed by atoms with Crippen LogP contribution in [0, 0.1) is 5.82 Å². The number of rotatable bonds is 5. The number of aliphatic carboxylic acids is 1. The zero-order chi connectivity index (χ0) is 11.3. The molecule has 90 valence electrons. The summed E-state index contributed by atoms with van der Waals surface area (Å²) in [5, 5.41) is 11.5. The lowest BCUT2D eigenvalue weighted by molar-refractivity contribution is -0.136. The number of benzene rings is 1. The van der Waals surface area contributed by atoms with Gasteiger partial charge >= 0.3 is 5.97 Å². The molecule has 6 heteroatoms. The molecule has 16 heavy (non-hydrogen) atoms. The summed E-state index contributed by atoms with van der Waals surface area (Å²) in [5.74, 6) is -1.27. The van der Waals surface area contributed by atoms with E-state index in [1.54, 1.807) is 6.07 Å². The van der Waals surface area contributed by atoms with Gasteiger partial charge < -0.3 is 10.4 Å². The van der Waals surface area contributed by atoms with E-state index in [9.17, 15) is 9.18 Å². The Morgan fingerprint density at radius 3 is 2.75 bits per heavy atom. The predicted octanol–water partition coefficient (Wildman–Crippen LogP) is 2.47. The number of carboxylic acids is 1. The first-order valence-corrected chi connectivity index (χ1v) is 4.84. The molecule has 1 rings (SSSR count).